The number of H-pyrrole nitrogens is 1. The zero-order valence-electron chi connectivity index (χ0n) is 9.77. The SMILES string of the molecule is CCCc1n[nH]c(=S)n1C1CC(=O)N(C)C1=O. The quantitative estimate of drug-likeness (QED) is 0.640. The highest BCUT2D eigenvalue weighted by molar-refractivity contribution is 7.71. The summed E-state index contributed by atoms with van der Waals surface area (Å²) in [5.41, 5.74) is 0. The molecule has 0 aliphatic carbocycles. The minimum Gasteiger partial charge on any atom is -0.291 e. The highest BCUT2D eigenvalue weighted by atomic mass is 32.1. The van der Waals surface area contributed by atoms with Gasteiger partial charge < -0.3 is 0 Å². The van der Waals surface area contributed by atoms with Gasteiger partial charge in [0.15, 0.2) is 4.77 Å². The molecular formula is C10H14N4O2S. The normalized spacial score (nSPS) is 20.4. The zero-order chi connectivity index (χ0) is 12.6. The molecule has 0 saturated carbocycles. The summed E-state index contributed by atoms with van der Waals surface area (Å²) in [5.74, 6) is 0.342. The predicted molar refractivity (Wildman–Crippen MR) is 62.8 cm³/mol. The van der Waals surface area contributed by atoms with Crippen LogP contribution in [0.2, 0.25) is 0 Å². The Bertz CT molecular complexity index is 519. The number of nitrogens with zero attached hydrogens (tertiary/aromatic N) is 3. The van der Waals surface area contributed by atoms with Crippen LogP contribution in [0.5, 0.6) is 0 Å². The number of carbonyl (C=O) groups excluding carboxylic acids is 2. The van der Waals surface area contributed by atoms with E-state index >= 15 is 0 Å². The minimum absolute atomic E-state index is 0.167. The number of likely N-dealkylation sites (N-methyl/N-ethyl adjacent to an activating group) is 1. The second kappa shape index (κ2) is 4.40. The van der Waals surface area contributed by atoms with E-state index in [2.05, 4.69) is 10.2 Å². The summed E-state index contributed by atoms with van der Waals surface area (Å²) in [7, 11) is 1.49. The summed E-state index contributed by atoms with van der Waals surface area (Å²) in [5, 5.41) is 6.78. The Morgan fingerprint density at radius 2 is 2.24 bits per heavy atom. The first-order valence-electron chi connectivity index (χ1n) is 5.52. The molecule has 1 N–H and O–H groups in total. The second-order valence-corrected chi connectivity index (χ2v) is 4.46. The molecule has 1 aromatic rings. The van der Waals surface area contributed by atoms with Crippen molar-refractivity contribution in [2.75, 3.05) is 7.05 Å². The van der Waals surface area contributed by atoms with E-state index in [0.717, 1.165) is 23.6 Å². The predicted octanol–water partition coefficient (Wildman–Crippen LogP) is 0.823. The Balaban J connectivity index is 2.41. The third-order valence-electron chi connectivity index (χ3n) is 2.92. The lowest BCUT2D eigenvalue weighted by molar-refractivity contribution is -0.137. The van der Waals surface area contributed by atoms with Gasteiger partial charge in [0.2, 0.25) is 5.91 Å². The lowest BCUT2D eigenvalue weighted by Gasteiger charge is -2.12. The van der Waals surface area contributed by atoms with Crippen molar-refractivity contribution in [1.29, 1.82) is 0 Å². The van der Waals surface area contributed by atoms with Crippen molar-refractivity contribution in [3.05, 3.63) is 10.6 Å². The van der Waals surface area contributed by atoms with E-state index in [-0.39, 0.29) is 18.2 Å². The van der Waals surface area contributed by atoms with Crippen LogP contribution in [-0.4, -0.2) is 38.5 Å². The molecule has 7 heteroatoms. The Labute approximate surface area is 104 Å². The Morgan fingerprint density at radius 3 is 2.76 bits per heavy atom. The van der Waals surface area contributed by atoms with Crippen molar-refractivity contribution in [2.45, 2.75) is 32.2 Å². The number of likely N-dealkylation sites (tertiary alicyclic amines) is 1. The number of rotatable bonds is 3. The number of nitrogens with one attached hydrogen (secondary N) is 1. The maximum absolute atomic E-state index is 11.9. The van der Waals surface area contributed by atoms with Crippen LogP contribution in [0.1, 0.15) is 31.6 Å². The van der Waals surface area contributed by atoms with Crippen LogP contribution in [0.4, 0.5) is 0 Å². The first kappa shape index (κ1) is 12.0. The monoisotopic (exact) mass is 254 g/mol. The van der Waals surface area contributed by atoms with Gasteiger partial charge in [-0.05, 0) is 18.6 Å². The van der Waals surface area contributed by atoms with Crippen LogP contribution in [0.25, 0.3) is 0 Å². The second-order valence-electron chi connectivity index (χ2n) is 4.08. The molecule has 1 aromatic heterocycles. The molecule has 92 valence electrons. The third-order valence-corrected chi connectivity index (χ3v) is 3.21. The van der Waals surface area contributed by atoms with E-state index in [9.17, 15) is 9.59 Å². The highest BCUT2D eigenvalue weighted by Crippen LogP contribution is 2.24. The smallest absolute Gasteiger partial charge is 0.252 e. The topological polar surface area (TPSA) is 71.0 Å². The van der Waals surface area contributed by atoms with Gasteiger partial charge in [-0.1, -0.05) is 6.92 Å². The summed E-state index contributed by atoms with van der Waals surface area (Å²) < 4.78 is 2.07. The van der Waals surface area contributed by atoms with E-state index in [1.807, 2.05) is 6.92 Å². The fraction of sp³-hybridized carbons (Fsp3) is 0.600. The van der Waals surface area contributed by atoms with Crippen molar-refractivity contribution in [2.24, 2.45) is 0 Å². The molecule has 17 heavy (non-hydrogen) atoms. The minimum atomic E-state index is -0.528. The number of aromatic nitrogens is 3. The summed E-state index contributed by atoms with van der Waals surface area (Å²) in [6, 6.07) is -0.528. The average molecular weight is 254 g/mol. The van der Waals surface area contributed by atoms with E-state index < -0.39 is 6.04 Å². The lowest BCUT2D eigenvalue weighted by Crippen LogP contribution is -2.27. The molecule has 0 aromatic carbocycles. The number of aromatic amines is 1. The van der Waals surface area contributed by atoms with Crippen molar-refractivity contribution in [3.63, 3.8) is 0 Å². The van der Waals surface area contributed by atoms with Crippen molar-refractivity contribution >= 4 is 24.0 Å². The van der Waals surface area contributed by atoms with Crippen LogP contribution in [0, 0.1) is 4.77 Å². The molecule has 1 aliphatic rings. The van der Waals surface area contributed by atoms with Crippen LogP contribution >= 0.6 is 12.2 Å². The molecule has 0 spiro atoms. The largest absolute Gasteiger partial charge is 0.291 e. The van der Waals surface area contributed by atoms with Crippen molar-refractivity contribution < 1.29 is 9.59 Å². The number of carbonyl (C=O) groups is 2. The molecule has 2 rings (SSSR count). The summed E-state index contributed by atoms with van der Waals surface area (Å²) >= 11 is 5.12. The van der Waals surface area contributed by atoms with Gasteiger partial charge in [0.25, 0.3) is 5.91 Å². The first-order chi connectivity index (χ1) is 8.06. The van der Waals surface area contributed by atoms with Gasteiger partial charge in [0.05, 0.1) is 6.42 Å². The average Bonchev–Trinajstić information content (AvgIpc) is 2.76. The Kier molecular flexibility index (Phi) is 3.10. The molecular weight excluding hydrogens is 240 g/mol. The summed E-state index contributed by atoms with van der Waals surface area (Å²) in [6.07, 6.45) is 1.80. The number of aryl methyl sites for hydroxylation is 1. The summed E-state index contributed by atoms with van der Waals surface area (Å²) in [4.78, 5) is 24.6. The Hall–Kier alpha value is -1.50. The van der Waals surface area contributed by atoms with E-state index in [4.69, 9.17) is 12.2 Å². The van der Waals surface area contributed by atoms with Crippen LogP contribution in [0.15, 0.2) is 0 Å². The van der Waals surface area contributed by atoms with Gasteiger partial charge in [-0.25, -0.2) is 0 Å². The maximum Gasteiger partial charge on any atom is 0.252 e. The molecule has 6 nitrogen and oxygen atoms in total. The van der Waals surface area contributed by atoms with Crippen LogP contribution in [0.3, 0.4) is 0 Å². The van der Waals surface area contributed by atoms with Gasteiger partial charge in [0.1, 0.15) is 11.9 Å². The molecule has 0 radical (unpaired) electrons. The van der Waals surface area contributed by atoms with Gasteiger partial charge >= 0.3 is 0 Å². The third kappa shape index (κ3) is 1.90. The van der Waals surface area contributed by atoms with Crippen molar-refractivity contribution in [1.82, 2.24) is 19.7 Å². The molecule has 1 saturated heterocycles. The first-order valence-corrected chi connectivity index (χ1v) is 5.93. The van der Waals surface area contributed by atoms with Gasteiger partial charge in [0, 0.05) is 13.5 Å². The highest BCUT2D eigenvalue weighted by Gasteiger charge is 2.38. The standard InChI is InChI=1S/C10H14N4O2S/c1-3-4-7-11-12-10(17)14(7)6-5-8(15)13(2)9(6)16/h6H,3-5H2,1-2H3,(H,12,17). The molecule has 1 atom stereocenters. The number of amides is 2. The van der Waals surface area contributed by atoms with E-state index in [0.29, 0.717) is 4.77 Å². The molecule has 2 heterocycles. The molecule has 1 unspecified atom stereocenters. The number of imide groups is 1. The van der Waals surface area contributed by atoms with E-state index in [1.165, 1.54) is 7.05 Å². The molecule has 1 aliphatic heterocycles. The van der Waals surface area contributed by atoms with Crippen LogP contribution < -0.4 is 0 Å². The molecule has 2 amide bonds. The molecule has 1 fully saturated rings. The van der Waals surface area contributed by atoms with Gasteiger partial charge in [-0.2, -0.15) is 5.10 Å². The number of hydrogen-bond donors (Lipinski definition) is 1. The fourth-order valence-corrected chi connectivity index (χ4v) is 2.27. The lowest BCUT2D eigenvalue weighted by atomic mass is 10.2. The number of hydrogen-bond acceptors (Lipinski definition) is 4. The van der Waals surface area contributed by atoms with Crippen molar-refractivity contribution in [3.8, 4) is 0 Å². The van der Waals surface area contributed by atoms with Crippen LogP contribution in [-0.2, 0) is 16.0 Å². The molecule has 0 bridgehead atoms. The Morgan fingerprint density at radius 1 is 1.53 bits per heavy atom. The van der Waals surface area contributed by atoms with Gasteiger partial charge in [-0.15, -0.1) is 0 Å². The van der Waals surface area contributed by atoms with Gasteiger partial charge in [-0.3, -0.25) is 24.2 Å². The maximum atomic E-state index is 11.9. The fourth-order valence-electron chi connectivity index (χ4n) is 2.00. The summed E-state index contributed by atoms with van der Waals surface area (Å²) in [6.45, 7) is 2.02. The zero-order valence-corrected chi connectivity index (χ0v) is 10.6. The van der Waals surface area contributed by atoms with E-state index in [1.54, 1.807) is 4.57 Å².